The van der Waals surface area contributed by atoms with Gasteiger partial charge in [0.25, 0.3) is 5.91 Å². The lowest BCUT2D eigenvalue weighted by molar-refractivity contribution is -0.128. The quantitative estimate of drug-likeness (QED) is 0.345. The lowest BCUT2D eigenvalue weighted by Gasteiger charge is -2.36. The first-order chi connectivity index (χ1) is 16.7. The summed E-state index contributed by atoms with van der Waals surface area (Å²) >= 11 is 6.32. The molecule has 0 radical (unpaired) electrons. The Balaban J connectivity index is 2.16. The van der Waals surface area contributed by atoms with Gasteiger partial charge in [-0.05, 0) is 43.2 Å². The number of carbonyl (C=O) groups excluding carboxylic acids is 2. The maximum Gasteiger partial charge on any atom is 0.340 e. The van der Waals surface area contributed by atoms with Crippen molar-refractivity contribution in [1.82, 2.24) is 9.99 Å². The molecule has 1 amide bonds. The molecule has 198 valence electrons. The Labute approximate surface area is 220 Å². The molecule has 10 heteroatoms. The summed E-state index contributed by atoms with van der Waals surface area (Å²) in [6.45, 7) is 17.0. The Morgan fingerprint density at radius 1 is 1.19 bits per heavy atom. The third kappa shape index (κ3) is 5.87. The normalized spacial score (nSPS) is 20.3. The molecular weight excluding hydrogens is 501 g/mol. The Kier molecular flexibility index (Phi) is 8.43. The third-order valence-electron chi connectivity index (χ3n) is 5.92. The van der Waals surface area contributed by atoms with Crippen LogP contribution >= 0.6 is 19.9 Å². The van der Waals surface area contributed by atoms with Crippen molar-refractivity contribution in [2.75, 3.05) is 19.8 Å². The number of fused-ring (bicyclic) bond motifs is 1. The van der Waals surface area contributed by atoms with Gasteiger partial charge in [0.1, 0.15) is 17.2 Å². The highest BCUT2D eigenvalue weighted by Crippen LogP contribution is 2.44. The standard InChI is InChI=1S/C26H37ClN3O5P/c1-9-34-24(33)16-13-15(27)14-17-19(16)28-22(29-36(17)35-10-2)18-20(31)21(26(6,7)8)30(23(18)32)12-11-25(3,4)5/h13-14,21,31H,9-12H2,1-8H3,(H,28,29)/t21-,36?/m1/s1. The van der Waals surface area contributed by atoms with Gasteiger partial charge in [-0.1, -0.05) is 53.1 Å². The van der Waals surface area contributed by atoms with Crippen LogP contribution in [0.25, 0.3) is 0 Å². The molecule has 36 heavy (non-hydrogen) atoms. The highest BCUT2D eigenvalue weighted by molar-refractivity contribution is 7.60. The minimum absolute atomic E-state index is 0.0116. The monoisotopic (exact) mass is 537 g/mol. The second-order valence-electron chi connectivity index (χ2n) is 11.2. The lowest BCUT2D eigenvalue weighted by atomic mass is 9.84. The largest absolute Gasteiger partial charge is 0.509 e. The minimum atomic E-state index is -1.52. The van der Waals surface area contributed by atoms with E-state index < -0.39 is 25.7 Å². The van der Waals surface area contributed by atoms with Crippen LogP contribution in [-0.4, -0.2) is 53.5 Å². The Morgan fingerprint density at radius 3 is 2.42 bits per heavy atom. The van der Waals surface area contributed by atoms with E-state index in [0.29, 0.717) is 29.2 Å². The zero-order valence-corrected chi connectivity index (χ0v) is 24.0. The number of aliphatic hydroxyl groups is 1. The number of amides is 1. The van der Waals surface area contributed by atoms with Crippen LogP contribution in [0.2, 0.25) is 5.02 Å². The fraction of sp³-hybridized carbons (Fsp3) is 0.577. The van der Waals surface area contributed by atoms with Crippen LogP contribution in [-0.2, 0) is 14.1 Å². The number of benzene rings is 1. The van der Waals surface area contributed by atoms with Crippen molar-refractivity contribution >= 4 is 48.6 Å². The van der Waals surface area contributed by atoms with Crippen LogP contribution in [0.15, 0.2) is 28.5 Å². The van der Waals surface area contributed by atoms with Gasteiger partial charge in [0.15, 0.2) is 8.30 Å². The predicted octanol–water partition coefficient (Wildman–Crippen LogP) is 5.63. The van der Waals surface area contributed by atoms with Gasteiger partial charge in [-0.25, -0.2) is 9.79 Å². The van der Waals surface area contributed by atoms with Crippen molar-refractivity contribution in [3.8, 4) is 0 Å². The van der Waals surface area contributed by atoms with Crippen molar-refractivity contribution in [3.63, 3.8) is 0 Å². The summed E-state index contributed by atoms with van der Waals surface area (Å²) in [6.07, 6.45) is 0.770. The van der Waals surface area contributed by atoms with Gasteiger partial charge in [-0.15, -0.1) is 0 Å². The first kappa shape index (κ1) is 28.4. The molecule has 0 spiro atoms. The average molecular weight is 538 g/mol. The fourth-order valence-corrected chi connectivity index (χ4v) is 6.15. The molecule has 2 aliphatic rings. The molecule has 0 bridgehead atoms. The van der Waals surface area contributed by atoms with Gasteiger partial charge >= 0.3 is 5.97 Å². The summed E-state index contributed by atoms with van der Waals surface area (Å²) in [5.74, 6) is -0.716. The van der Waals surface area contributed by atoms with Gasteiger partial charge in [0, 0.05) is 11.6 Å². The first-order valence-electron chi connectivity index (χ1n) is 12.2. The molecule has 2 aliphatic heterocycles. The van der Waals surface area contributed by atoms with Crippen LogP contribution in [0.5, 0.6) is 0 Å². The number of carbonyl (C=O) groups is 2. The third-order valence-corrected chi connectivity index (χ3v) is 7.85. The molecule has 0 saturated heterocycles. The van der Waals surface area contributed by atoms with Crippen molar-refractivity contribution in [2.45, 2.75) is 67.9 Å². The Bertz CT molecular complexity index is 1100. The molecule has 1 aromatic carbocycles. The highest BCUT2D eigenvalue weighted by Gasteiger charge is 2.48. The molecule has 2 atom stereocenters. The van der Waals surface area contributed by atoms with E-state index in [-0.39, 0.29) is 40.7 Å². The van der Waals surface area contributed by atoms with Crippen LogP contribution in [0.1, 0.15) is 72.2 Å². The number of nitrogens with one attached hydrogen (secondary N) is 1. The molecule has 0 saturated carbocycles. The minimum Gasteiger partial charge on any atom is -0.509 e. The van der Waals surface area contributed by atoms with E-state index in [1.807, 2.05) is 27.7 Å². The van der Waals surface area contributed by atoms with Gasteiger partial charge in [-0.2, -0.15) is 0 Å². The van der Waals surface area contributed by atoms with Gasteiger partial charge < -0.3 is 24.4 Å². The van der Waals surface area contributed by atoms with Crippen LogP contribution in [0.4, 0.5) is 5.69 Å². The van der Waals surface area contributed by atoms with Crippen molar-refractivity contribution in [2.24, 2.45) is 15.8 Å². The summed E-state index contributed by atoms with van der Waals surface area (Å²) in [7, 11) is -1.52. The molecule has 2 N–H and O–H groups in total. The Hall–Kier alpha value is -2.15. The first-order valence-corrected chi connectivity index (χ1v) is 13.9. The average Bonchev–Trinajstić information content (AvgIpc) is 3.01. The molecular formula is C26H37ClN3O5P. The maximum absolute atomic E-state index is 13.8. The summed E-state index contributed by atoms with van der Waals surface area (Å²) in [6, 6.07) is 2.69. The van der Waals surface area contributed by atoms with E-state index >= 15 is 0 Å². The number of rotatable bonds is 7. The highest BCUT2D eigenvalue weighted by atomic mass is 35.5. The summed E-state index contributed by atoms with van der Waals surface area (Å²) < 4.78 is 11.2. The zero-order chi connectivity index (χ0) is 27.0. The SMILES string of the molecule is CCOC(=O)c1cc(Cl)cc2c1N=C(C1=C(O)[C@H](C(C)(C)C)N(CCC(C)(C)C)C1=O)NP2OCC. The van der Waals surface area contributed by atoms with Gasteiger partial charge in [0.2, 0.25) is 0 Å². The number of hydrogen-bond acceptors (Lipinski definition) is 7. The topological polar surface area (TPSA) is 100 Å². The number of hydrogen-bond donors (Lipinski definition) is 2. The van der Waals surface area contributed by atoms with E-state index in [4.69, 9.17) is 20.9 Å². The number of amidine groups is 1. The molecule has 1 aromatic rings. The number of halogens is 1. The molecule has 2 heterocycles. The predicted molar refractivity (Wildman–Crippen MR) is 145 cm³/mol. The number of esters is 1. The maximum atomic E-state index is 13.8. The van der Waals surface area contributed by atoms with E-state index in [0.717, 1.165) is 6.42 Å². The Morgan fingerprint density at radius 2 is 1.86 bits per heavy atom. The molecule has 0 fully saturated rings. The molecule has 0 aliphatic carbocycles. The number of aliphatic imine (C=N–C) groups is 1. The van der Waals surface area contributed by atoms with Crippen LogP contribution in [0.3, 0.4) is 0 Å². The second kappa shape index (κ2) is 10.7. The van der Waals surface area contributed by atoms with Crippen LogP contribution in [0, 0.1) is 10.8 Å². The van der Waals surface area contributed by atoms with Crippen molar-refractivity contribution in [3.05, 3.63) is 34.1 Å². The number of aliphatic hydroxyl groups excluding tert-OH is 1. The lowest BCUT2D eigenvalue weighted by Crippen LogP contribution is -2.45. The second-order valence-corrected chi connectivity index (χ2v) is 13.2. The van der Waals surface area contributed by atoms with Gasteiger partial charge in [0.05, 0.1) is 35.8 Å². The van der Waals surface area contributed by atoms with Crippen LogP contribution < -0.4 is 10.4 Å². The molecule has 0 aromatic heterocycles. The van der Waals surface area contributed by atoms with E-state index in [2.05, 4.69) is 30.9 Å². The molecule has 1 unspecified atom stereocenters. The fourth-order valence-electron chi connectivity index (χ4n) is 4.30. The van der Waals surface area contributed by atoms with E-state index in [1.54, 1.807) is 17.9 Å². The van der Waals surface area contributed by atoms with E-state index in [9.17, 15) is 14.7 Å². The summed E-state index contributed by atoms with van der Waals surface area (Å²) in [5, 5.41) is 15.6. The number of nitrogens with zero attached hydrogens (tertiary/aromatic N) is 2. The zero-order valence-electron chi connectivity index (χ0n) is 22.4. The van der Waals surface area contributed by atoms with E-state index in [1.165, 1.54) is 6.07 Å². The van der Waals surface area contributed by atoms with Gasteiger partial charge in [-0.3, -0.25) is 4.79 Å². The molecule has 8 nitrogen and oxygen atoms in total. The smallest absolute Gasteiger partial charge is 0.340 e. The molecule has 3 rings (SSSR count). The summed E-state index contributed by atoms with van der Waals surface area (Å²) in [5.41, 5.74) is 0.220. The number of ether oxygens (including phenoxy) is 1. The van der Waals surface area contributed by atoms with Crippen molar-refractivity contribution in [1.29, 1.82) is 0 Å². The summed E-state index contributed by atoms with van der Waals surface area (Å²) in [4.78, 5) is 33.0. The van der Waals surface area contributed by atoms with Crippen molar-refractivity contribution < 1.29 is 24.0 Å².